The Balaban J connectivity index is 2.82. The summed E-state index contributed by atoms with van der Waals surface area (Å²) >= 11 is 3.35. The number of nitrogen functional groups attached to an aromatic ring is 2. The molecule has 0 radical (unpaired) electrons. The van der Waals surface area contributed by atoms with Crippen LogP contribution in [0, 0.1) is 0 Å². The van der Waals surface area contributed by atoms with Gasteiger partial charge < -0.3 is 16.2 Å². The lowest BCUT2D eigenvalue weighted by Crippen LogP contribution is -2.25. The van der Waals surface area contributed by atoms with Gasteiger partial charge in [0.25, 0.3) is 0 Å². The van der Waals surface area contributed by atoms with E-state index in [1.54, 1.807) is 12.1 Å². The molecule has 1 rings (SSSR count). The van der Waals surface area contributed by atoms with Gasteiger partial charge in [0, 0.05) is 4.47 Å². The Morgan fingerprint density at radius 2 is 1.82 bits per heavy atom. The normalized spacial score (nSPS) is 11.3. The molecule has 0 heterocycles. The summed E-state index contributed by atoms with van der Waals surface area (Å²) in [6.45, 7) is 5.49. The summed E-state index contributed by atoms with van der Waals surface area (Å²) in [7, 11) is 0. The van der Waals surface area contributed by atoms with Crippen LogP contribution in [0.3, 0.4) is 0 Å². The van der Waals surface area contributed by atoms with Gasteiger partial charge in [0.1, 0.15) is 5.60 Å². The van der Waals surface area contributed by atoms with Crippen molar-refractivity contribution < 1.29 is 9.53 Å². The summed E-state index contributed by atoms with van der Waals surface area (Å²) in [6, 6.07) is 3.37. The van der Waals surface area contributed by atoms with Gasteiger partial charge in [-0.15, -0.1) is 0 Å². The van der Waals surface area contributed by atoms with Gasteiger partial charge in [-0.2, -0.15) is 0 Å². The molecule has 94 valence electrons. The Labute approximate surface area is 109 Å². The molecule has 0 unspecified atom stereocenters. The molecule has 0 aliphatic heterocycles. The summed E-state index contributed by atoms with van der Waals surface area (Å²) in [5.74, 6) is -0.289. The van der Waals surface area contributed by atoms with Crippen molar-refractivity contribution in [2.24, 2.45) is 0 Å². The third-order valence-electron chi connectivity index (χ3n) is 2.01. The van der Waals surface area contributed by atoms with Crippen LogP contribution in [0.15, 0.2) is 16.6 Å². The Hall–Kier alpha value is -1.23. The first-order valence-electron chi connectivity index (χ1n) is 5.24. The summed E-state index contributed by atoms with van der Waals surface area (Å²) in [6.07, 6.45) is 0.169. The van der Waals surface area contributed by atoms with Gasteiger partial charge >= 0.3 is 5.97 Å². The first-order valence-corrected chi connectivity index (χ1v) is 6.03. The van der Waals surface area contributed by atoms with Crippen LogP contribution in [-0.4, -0.2) is 11.6 Å². The summed E-state index contributed by atoms with van der Waals surface area (Å²) in [5.41, 5.74) is 12.6. The minimum Gasteiger partial charge on any atom is -0.460 e. The second-order valence-electron chi connectivity index (χ2n) is 4.84. The average Bonchev–Trinajstić information content (AvgIpc) is 2.11. The highest BCUT2D eigenvalue weighted by atomic mass is 79.9. The van der Waals surface area contributed by atoms with Crippen LogP contribution in [0.4, 0.5) is 11.4 Å². The molecule has 17 heavy (non-hydrogen) atoms. The van der Waals surface area contributed by atoms with Crippen molar-refractivity contribution in [3.63, 3.8) is 0 Å². The van der Waals surface area contributed by atoms with Gasteiger partial charge in [-0.1, -0.05) is 15.9 Å². The van der Waals surface area contributed by atoms with Crippen molar-refractivity contribution in [1.29, 1.82) is 0 Å². The topological polar surface area (TPSA) is 78.3 Å². The Kier molecular flexibility index (Phi) is 4.03. The minimum atomic E-state index is -0.483. The number of carbonyl (C=O) groups is 1. The number of esters is 1. The predicted molar refractivity (Wildman–Crippen MR) is 72.5 cm³/mol. The van der Waals surface area contributed by atoms with E-state index >= 15 is 0 Å². The van der Waals surface area contributed by atoms with Crippen molar-refractivity contribution in [3.05, 3.63) is 22.2 Å². The summed E-state index contributed by atoms with van der Waals surface area (Å²) < 4.78 is 5.99. The fraction of sp³-hybridized carbons (Fsp3) is 0.417. The van der Waals surface area contributed by atoms with E-state index in [1.165, 1.54) is 0 Å². The standard InChI is InChI=1S/C12H17BrN2O2/c1-12(2,3)17-11(16)5-7-4-9(14)10(15)6-8(7)13/h4,6H,5,14-15H2,1-3H3. The third kappa shape index (κ3) is 4.26. The monoisotopic (exact) mass is 300 g/mol. The van der Waals surface area contributed by atoms with Crippen LogP contribution in [0.5, 0.6) is 0 Å². The molecule has 0 saturated carbocycles. The zero-order valence-electron chi connectivity index (χ0n) is 10.2. The second kappa shape index (κ2) is 4.96. The molecule has 4 N–H and O–H groups in total. The molecule has 0 aliphatic carbocycles. The van der Waals surface area contributed by atoms with E-state index in [9.17, 15) is 4.79 Å². The lowest BCUT2D eigenvalue weighted by atomic mass is 10.1. The Morgan fingerprint density at radius 3 is 2.35 bits per heavy atom. The van der Waals surface area contributed by atoms with Crippen LogP contribution >= 0.6 is 15.9 Å². The van der Waals surface area contributed by atoms with E-state index in [-0.39, 0.29) is 12.4 Å². The molecule has 0 saturated heterocycles. The van der Waals surface area contributed by atoms with Crippen molar-refractivity contribution in [2.45, 2.75) is 32.8 Å². The molecule has 0 atom stereocenters. The number of halogens is 1. The molecule has 0 aliphatic rings. The van der Waals surface area contributed by atoms with Gasteiger partial charge in [-0.05, 0) is 38.5 Å². The summed E-state index contributed by atoms with van der Waals surface area (Å²) in [4.78, 5) is 11.7. The largest absolute Gasteiger partial charge is 0.460 e. The summed E-state index contributed by atoms with van der Waals surface area (Å²) in [5, 5.41) is 0. The quantitative estimate of drug-likeness (QED) is 0.650. The lowest BCUT2D eigenvalue weighted by molar-refractivity contribution is -0.153. The predicted octanol–water partition coefficient (Wildman–Crippen LogP) is 2.50. The molecular formula is C12H17BrN2O2. The maximum atomic E-state index is 11.7. The number of nitrogens with two attached hydrogens (primary N) is 2. The number of hydrogen-bond donors (Lipinski definition) is 2. The van der Waals surface area contributed by atoms with Crippen molar-refractivity contribution >= 4 is 33.3 Å². The number of ether oxygens (including phenoxy) is 1. The Morgan fingerprint density at radius 1 is 1.29 bits per heavy atom. The SMILES string of the molecule is CC(C)(C)OC(=O)Cc1cc(N)c(N)cc1Br. The highest BCUT2D eigenvalue weighted by molar-refractivity contribution is 9.10. The third-order valence-corrected chi connectivity index (χ3v) is 2.75. The van der Waals surface area contributed by atoms with Crippen LogP contribution in [0.2, 0.25) is 0 Å². The first kappa shape index (κ1) is 13.8. The molecule has 0 spiro atoms. The number of anilines is 2. The van der Waals surface area contributed by atoms with Gasteiger partial charge in [0.2, 0.25) is 0 Å². The molecule has 0 bridgehead atoms. The van der Waals surface area contributed by atoms with E-state index in [2.05, 4.69) is 15.9 Å². The smallest absolute Gasteiger partial charge is 0.310 e. The molecule has 4 nitrogen and oxygen atoms in total. The molecule has 0 amide bonds. The minimum absolute atomic E-state index is 0.169. The zero-order valence-corrected chi connectivity index (χ0v) is 11.8. The zero-order chi connectivity index (χ0) is 13.2. The van der Waals surface area contributed by atoms with Crippen LogP contribution in [0.25, 0.3) is 0 Å². The molecule has 5 heteroatoms. The van der Waals surface area contributed by atoms with E-state index in [0.717, 1.165) is 10.0 Å². The van der Waals surface area contributed by atoms with E-state index in [4.69, 9.17) is 16.2 Å². The van der Waals surface area contributed by atoms with E-state index < -0.39 is 5.60 Å². The maximum Gasteiger partial charge on any atom is 0.310 e. The van der Waals surface area contributed by atoms with Crippen LogP contribution < -0.4 is 11.5 Å². The number of hydrogen-bond acceptors (Lipinski definition) is 4. The molecular weight excluding hydrogens is 284 g/mol. The number of carbonyl (C=O) groups excluding carboxylic acids is 1. The molecule has 0 fully saturated rings. The van der Waals surface area contributed by atoms with Crippen molar-refractivity contribution in [1.82, 2.24) is 0 Å². The molecule has 1 aromatic rings. The van der Waals surface area contributed by atoms with Gasteiger partial charge in [0.15, 0.2) is 0 Å². The molecule has 1 aromatic carbocycles. The van der Waals surface area contributed by atoms with Crippen LogP contribution in [-0.2, 0) is 16.0 Å². The second-order valence-corrected chi connectivity index (χ2v) is 5.69. The van der Waals surface area contributed by atoms with Crippen molar-refractivity contribution in [2.75, 3.05) is 11.5 Å². The van der Waals surface area contributed by atoms with E-state index in [0.29, 0.717) is 11.4 Å². The van der Waals surface area contributed by atoms with E-state index in [1.807, 2.05) is 20.8 Å². The van der Waals surface area contributed by atoms with Crippen molar-refractivity contribution in [3.8, 4) is 0 Å². The number of benzene rings is 1. The Bertz CT molecular complexity index is 439. The van der Waals surface area contributed by atoms with Gasteiger partial charge in [0.05, 0.1) is 17.8 Å². The van der Waals surface area contributed by atoms with Gasteiger partial charge in [-0.25, -0.2) is 0 Å². The fourth-order valence-electron chi connectivity index (χ4n) is 1.32. The van der Waals surface area contributed by atoms with Crippen LogP contribution in [0.1, 0.15) is 26.3 Å². The highest BCUT2D eigenvalue weighted by Gasteiger charge is 2.17. The fourth-order valence-corrected chi connectivity index (χ4v) is 1.82. The highest BCUT2D eigenvalue weighted by Crippen LogP contribution is 2.26. The lowest BCUT2D eigenvalue weighted by Gasteiger charge is -2.19. The first-order chi connectivity index (χ1) is 7.69. The molecule has 0 aromatic heterocycles. The number of rotatable bonds is 2. The van der Waals surface area contributed by atoms with Gasteiger partial charge in [-0.3, -0.25) is 4.79 Å². The average molecular weight is 301 g/mol. The maximum absolute atomic E-state index is 11.7.